The van der Waals surface area contributed by atoms with E-state index in [-0.39, 0.29) is 0 Å². The first-order chi connectivity index (χ1) is 7.79. The topological polar surface area (TPSA) is 74.4 Å². The van der Waals surface area contributed by atoms with Gasteiger partial charge in [-0.05, 0) is 32.0 Å². The van der Waals surface area contributed by atoms with E-state index in [4.69, 9.17) is 15.2 Å². The maximum Gasteiger partial charge on any atom is 0.343 e. The van der Waals surface area contributed by atoms with Crippen LogP contribution in [0.2, 0.25) is 0 Å². The van der Waals surface area contributed by atoms with Crippen LogP contribution in [0.15, 0.2) is 18.3 Å². The van der Waals surface area contributed by atoms with Crippen LogP contribution < -0.4 is 10.5 Å². The molecule has 0 saturated carbocycles. The van der Waals surface area contributed by atoms with Gasteiger partial charge in [0.05, 0.1) is 13.2 Å². The highest BCUT2D eigenvalue weighted by molar-refractivity contribution is 5.91. The van der Waals surface area contributed by atoms with Crippen molar-refractivity contribution >= 4 is 5.97 Å². The average Bonchev–Trinajstić information content (AvgIpc) is 2.30. The quantitative estimate of drug-likeness (QED) is 0.576. The summed E-state index contributed by atoms with van der Waals surface area (Å²) in [6, 6.07) is 3.30. The molecule has 0 spiro atoms. The lowest BCUT2D eigenvalue weighted by Crippen LogP contribution is -2.11. The Bertz CT molecular complexity index is 342. The lowest BCUT2D eigenvalue weighted by atomic mass is 10.3. The number of hydrogen-bond donors (Lipinski definition) is 1. The zero-order chi connectivity index (χ0) is 11.8. The average molecular weight is 224 g/mol. The molecule has 0 saturated heterocycles. The minimum atomic E-state index is -0.418. The number of pyridine rings is 1. The van der Waals surface area contributed by atoms with Crippen molar-refractivity contribution in [3.63, 3.8) is 0 Å². The third-order valence-electron chi connectivity index (χ3n) is 1.85. The highest BCUT2D eigenvalue weighted by Gasteiger charge is 2.13. The Labute approximate surface area is 94.6 Å². The maximum absolute atomic E-state index is 11.5. The van der Waals surface area contributed by atoms with Crippen LogP contribution in [-0.2, 0) is 4.74 Å². The first kappa shape index (κ1) is 12.4. The van der Waals surface area contributed by atoms with E-state index >= 15 is 0 Å². The molecule has 0 fully saturated rings. The SMILES string of the molecule is CCOC(=O)c1cccnc1OCCCN. The summed E-state index contributed by atoms with van der Waals surface area (Å²) in [5.74, 6) is -0.118. The third-order valence-corrected chi connectivity index (χ3v) is 1.85. The summed E-state index contributed by atoms with van der Waals surface area (Å²) in [7, 11) is 0. The van der Waals surface area contributed by atoms with E-state index in [0.29, 0.717) is 31.2 Å². The van der Waals surface area contributed by atoms with Gasteiger partial charge in [-0.3, -0.25) is 0 Å². The van der Waals surface area contributed by atoms with E-state index < -0.39 is 5.97 Å². The van der Waals surface area contributed by atoms with Gasteiger partial charge in [-0.15, -0.1) is 0 Å². The zero-order valence-corrected chi connectivity index (χ0v) is 9.31. The Morgan fingerprint density at radius 2 is 2.38 bits per heavy atom. The van der Waals surface area contributed by atoms with Crippen LogP contribution in [0, 0.1) is 0 Å². The van der Waals surface area contributed by atoms with Gasteiger partial charge in [-0.2, -0.15) is 0 Å². The minimum absolute atomic E-state index is 0.300. The van der Waals surface area contributed by atoms with Gasteiger partial charge in [-0.1, -0.05) is 0 Å². The molecule has 0 bridgehead atoms. The van der Waals surface area contributed by atoms with Crippen molar-refractivity contribution in [1.29, 1.82) is 0 Å². The van der Waals surface area contributed by atoms with E-state index in [2.05, 4.69) is 4.98 Å². The molecule has 5 heteroatoms. The largest absolute Gasteiger partial charge is 0.477 e. The van der Waals surface area contributed by atoms with Crippen LogP contribution in [0.1, 0.15) is 23.7 Å². The number of nitrogens with zero attached hydrogens (tertiary/aromatic N) is 1. The predicted octanol–water partition coefficient (Wildman–Crippen LogP) is 0.986. The van der Waals surface area contributed by atoms with E-state index in [0.717, 1.165) is 6.42 Å². The van der Waals surface area contributed by atoms with Crippen molar-refractivity contribution < 1.29 is 14.3 Å². The molecule has 1 aromatic rings. The molecule has 0 atom stereocenters. The standard InChI is InChI=1S/C11H16N2O3/c1-2-15-11(14)9-5-3-7-13-10(9)16-8-4-6-12/h3,5,7H,2,4,6,8,12H2,1H3. The summed E-state index contributed by atoms with van der Waals surface area (Å²) in [6.45, 7) is 3.07. The molecule has 0 radical (unpaired) electrons. The van der Waals surface area contributed by atoms with E-state index in [1.54, 1.807) is 25.3 Å². The van der Waals surface area contributed by atoms with E-state index in [9.17, 15) is 4.79 Å². The van der Waals surface area contributed by atoms with Gasteiger partial charge in [0.25, 0.3) is 0 Å². The molecular formula is C11H16N2O3. The molecule has 88 valence electrons. The van der Waals surface area contributed by atoms with Gasteiger partial charge >= 0.3 is 5.97 Å². The summed E-state index contributed by atoms with van der Waals surface area (Å²) in [4.78, 5) is 15.5. The fourth-order valence-electron chi connectivity index (χ4n) is 1.12. The maximum atomic E-state index is 11.5. The minimum Gasteiger partial charge on any atom is -0.477 e. The second kappa shape index (κ2) is 6.79. The molecule has 0 amide bonds. The van der Waals surface area contributed by atoms with Crippen molar-refractivity contribution in [2.75, 3.05) is 19.8 Å². The number of ether oxygens (including phenoxy) is 2. The molecule has 16 heavy (non-hydrogen) atoms. The second-order valence-corrected chi connectivity index (χ2v) is 3.07. The number of nitrogens with two attached hydrogens (primary N) is 1. The van der Waals surface area contributed by atoms with Gasteiger partial charge in [0.15, 0.2) is 0 Å². The molecular weight excluding hydrogens is 208 g/mol. The fraction of sp³-hybridized carbons (Fsp3) is 0.455. The van der Waals surface area contributed by atoms with Crippen LogP contribution in [0.5, 0.6) is 5.88 Å². The lowest BCUT2D eigenvalue weighted by molar-refractivity contribution is 0.0520. The number of aromatic nitrogens is 1. The van der Waals surface area contributed by atoms with E-state index in [1.807, 2.05) is 0 Å². The van der Waals surface area contributed by atoms with Crippen LogP contribution in [0.4, 0.5) is 0 Å². The molecule has 0 aliphatic carbocycles. The molecule has 1 aromatic heterocycles. The van der Waals surface area contributed by atoms with Gasteiger partial charge in [0.2, 0.25) is 5.88 Å². The van der Waals surface area contributed by atoms with Gasteiger partial charge in [0.1, 0.15) is 5.56 Å². The Morgan fingerprint density at radius 3 is 3.06 bits per heavy atom. The van der Waals surface area contributed by atoms with Crippen LogP contribution in [-0.4, -0.2) is 30.7 Å². The van der Waals surface area contributed by atoms with Crippen molar-refractivity contribution in [1.82, 2.24) is 4.98 Å². The number of carbonyl (C=O) groups excluding carboxylic acids is 1. The number of esters is 1. The van der Waals surface area contributed by atoms with Crippen molar-refractivity contribution in [2.24, 2.45) is 5.73 Å². The second-order valence-electron chi connectivity index (χ2n) is 3.07. The first-order valence-electron chi connectivity index (χ1n) is 5.24. The summed E-state index contributed by atoms with van der Waals surface area (Å²) in [6.07, 6.45) is 2.29. The number of hydrogen-bond acceptors (Lipinski definition) is 5. The third kappa shape index (κ3) is 3.51. The van der Waals surface area contributed by atoms with Gasteiger partial charge in [-0.25, -0.2) is 9.78 Å². The molecule has 2 N–H and O–H groups in total. The zero-order valence-electron chi connectivity index (χ0n) is 9.31. The predicted molar refractivity (Wildman–Crippen MR) is 59.4 cm³/mol. The Balaban J connectivity index is 2.71. The van der Waals surface area contributed by atoms with Crippen LogP contribution >= 0.6 is 0 Å². The summed E-state index contributed by atoms with van der Waals surface area (Å²) in [5, 5.41) is 0. The van der Waals surface area contributed by atoms with E-state index in [1.165, 1.54) is 0 Å². The van der Waals surface area contributed by atoms with Gasteiger partial charge in [0, 0.05) is 6.20 Å². The Hall–Kier alpha value is -1.62. The summed E-state index contributed by atoms with van der Waals surface area (Å²) >= 11 is 0. The fourth-order valence-corrected chi connectivity index (χ4v) is 1.12. The molecule has 0 aliphatic heterocycles. The Kier molecular flexibility index (Phi) is 5.28. The number of carbonyl (C=O) groups is 1. The molecule has 0 aromatic carbocycles. The van der Waals surface area contributed by atoms with Crippen molar-refractivity contribution in [2.45, 2.75) is 13.3 Å². The van der Waals surface area contributed by atoms with Crippen molar-refractivity contribution in [3.05, 3.63) is 23.9 Å². The summed E-state index contributed by atoms with van der Waals surface area (Å²) in [5.41, 5.74) is 5.69. The van der Waals surface area contributed by atoms with Gasteiger partial charge < -0.3 is 15.2 Å². The molecule has 5 nitrogen and oxygen atoms in total. The smallest absolute Gasteiger partial charge is 0.343 e. The molecule has 1 rings (SSSR count). The highest BCUT2D eigenvalue weighted by Crippen LogP contribution is 2.15. The first-order valence-corrected chi connectivity index (χ1v) is 5.24. The highest BCUT2D eigenvalue weighted by atomic mass is 16.5. The van der Waals surface area contributed by atoms with Crippen LogP contribution in [0.25, 0.3) is 0 Å². The summed E-state index contributed by atoms with van der Waals surface area (Å²) < 4.78 is 10.2. The molecule has 0 aliphatic rings. The van der Waals surface area contributed by atoms with Crippen molar-refractivity contribution in [3.8, 4) is 5.88 Å². The van der Waals surface area contributed by atoms with Crippen LogP contribution in [0.3, 0.4) is 0 Å². The monoisotopic (exact) mass is 224 g/mol. The Morgan fingerprint density at radius 1 is 1.56 bits per heavy atom. The normalized spacial score (nSPS) is 9.88. The number of rotatable bonds is 6. The molecule has 0 unspecified atom stereocenters. The lowest BCUT2D eigenvalue weighted by Gasteiger charge is -2.08. The molecule has 1 heterocycles.